The van der Waals surface area contributed by atoms with Gasteiger partial charge >= 0.3 is 0 Å². The fraction of sp³-hybridized carbons (Fsp3) is 0.750. The number of hydrogen-bond donors (Lipinski definition) is 1. The Morgan fingerprint density at radius 1 is 1.33 bits per heavy atom. The van der Waals surface area contributed by atoms with Crippen molar-refractivity contribution in [1.82, 2.24) is 20.0 Å². The predicted octanol–water partition coefficient (Wildman–Crippen LogP) is 1.90. The summed E-state index contributed by atoms with van der Waals surface area (Å²) in [4.78, 5) is 17.0. The molecule has 0 bridgehead atoms. The third-order valence-electron chi connectivity index (χ3n) is 4.70. The van der Waals surface area contributed by atoms with Gasteiger partial charge in [0.15, 0.2) is 0 Å². The third-order valence-corrected chi connectivity index (χ3v) is 4.70. The van der Waals surface area contributed by atoms with Crippen molar-refractivity contribution in [3.05, 3.63) is 17.0 Å². The van der Waals surface area contributed by atoms with Gasteiger partial charge in [0, 0.05) is 30.4 Å². The highest BCUT2D eigenvalue weighted by molar-refractivity contribution is 5.79. The van der Waals surface area contributed by atoms with Crippen LogP contribution in [0, 0.1) is 13.8 Å². The van der Waals surface area contributed by atoms with E-state index in [1.807, 2.05) is 25.8 Å². The first-order valence-corrected chi connectivity index (χ1v) is 7.81. The van der Waals surface area contributed by atoms with Gasteiger partial charge in [-0.1, -0.05) is 0 Å². The smallest absolute Gasteiger partial charge is 0.227 e. The van der Waals surface area contributed by atoms with Crippen LogP contribution in [0.5, 0.6) is 0 Å². The maximum atomic E-state index is 12.6. The number of aromatic amines is 1. The number of carbonyl (C=O) groups excluding carboxylic acids is 1. The van der Waals surface area contributed by atoms with Crippen LogP contribution in [0.3, 0.4) is 0 Å². The van der Waals surface area contributed by atoms with Gasteiger partial charge in [0.05, 0.1) is 12.1 Å². The maximum absolute atomic E-state index is 12.6. The van der Waals surface area contributed by atoms with Crippen LogP contribution in [-0.4, -0.2) is 58.1 Å². The number of amides is 1. The monoisotopic (exact) mass is 292 g/mol. The Labute approximate surface area is 127 Å². The van der Waals surface area contributed by atoms with E-state index in [0.717, 1.165) is 36.6 Å². The molecule has 5 nitrogen and oxygen atoms in total. The molecule has 1 aromatic rings. The molecule has 0 radical (unpaired) electrons. The summed E-state index contributed by atoms with van der Waals surface area (Å²) in [5.41, 5.74) is 2.80. The molecule has 1 N–H and O–H groups in total. The van der Waals surface area contributed by atoms with Crippen LogP contribution in [0.15, 0.2) is 0 Å². The molecule has 1 aliphatic heterocycles. The largest absolute Gasteiger partial charge is 0.339 e. The average molecular weight is 292 g/mol. The van der Waals surface area contributed by atoms with Crippen LogP contribution in [0.25, 0.3) is 0 Å². The Hall–Kier alpha value is -1.36. The van der Waals surface area contributed by atoms with Crippen molar-refractivity contribution >= 4 is 5.91 Å². The van der Waals surface area contributed by atoms with Gasteiger partial charge in [0.2, 0.25) is 5.91 Å². The molecule has 1 amide bonds. The Morgan fingerprint density at radius 3 is 2.48 bits per heavy atom. The van der Waals surface area contributed by atoms with Gasteiger partial charge in [0.1, 0.15) is 0 Å². The number of H-pyrrole nitrogens is 1. The number of aryl methyl sites for hydroxylation is 2. The van der Waals surface area contributed by atoms with Crippen molar-refractivity contribution in [3.63, 3.8) is 0 Å². The number of nitrogens with zero attached hydrogens (tertiary/aromatic N) is 3. The van der Waals surface area contributed by atoms with Crippen molar-refractivity contribution in [2.45, 2.75) is 52.5 Å². The number of rotatable bonds is 5. The molecule has 2 rings (SSSR count). The summed E-state index contributed by atoms with van der Waals surface area (Å²) in [6.45, 7) is 11.5. The molecular weight excluding hydrogens is 264 g/mol. The van der Waals surface area contributed by atoms with Gasteiger partial charge in [0.25, 0.3) is 0 Å². The zero-order chi connectivity index (χ0) is 15.6. The minimum Gasteiger partial charge on any atom is -0.339 e. The summed E-state index contributed by atoms with van der Waals surface area (Å²) in [7, 11) is 1.92. The zero-order valence-corrected chi connectivity index (χ0v) is 14.0. The van der Waals surface area contributed by atoms with Crippen LogP contribution >= 0.6 is 0 Å². The summed E-state index contributed by atoms with van der Waals surface area (Å²) in [5.74, 6) is 0.159. The van der Waals surface area contributed by atoms with Crippen LogP contribution in [0.4, 0.5) is 0 Å². The Morgan fingerprint density at radius 2 is 1.95 bits per heavy atom. The Bertz CT molecular complexity index is 481. The number of hydrogen-bond acceptors (Lipinski definition) is 3. The lowest BCUT2D eigenvalue weighted by atomic mass is 10.0. The van der Waals surface area contributed by atoms with Crippen molar-refractivity contribution in [2.75, 3.05) is 26.7 Å². The summed E-state index contributed by atoms with van der Waals surface area (Å²) < 4.78 is 0. The highest BCUT2D eigenvalue weighted by Gasteiger charge is 2.31. The van der Waals surface area contributed by atoms with E-state index in [-0.39, 0.29) is 11.4 Å². The number of aromatic nitrogens is 2. The molecule has 0 atom stereocenters. The molecule has 21 heavy (non-hydrogen) atoms. The highest BCUT2D eigenvalue weighted by atomic mass is 16.2. The SMILES string of the molecule is Cc1n[nH]c(C)c1CC(=O)N(C)C(C)(C)CN1CCCC1. The van der Waals surface area contributed by atoms with E-state index in [9.17, 15) is 4.79 Å². The van der Waals surface area contributed by atoms with Crippen LogP contribution in [0.2, 0.25) is 0 Å². The lowest BCUT2D eigenvalue weighted by Gasteiger charge is -2.38. The third kappa shape index (κ3) is 3.64. The lowest BCUT2D eigenvalue weighted by Crippen LogP contribution is -2.52. The van der Waals surface area contributed by atoms with E-state index in [0.29, 0.717) is 6.42 Å². The van der Waals surface area contributed by atoms with Crippen molar-refractivity contribution in [2.24, 2.45) is 0 Å². The van der Waals surface area contributed by atoms with Gasteiger partial charge in [-0.25, -0.2) is 0 Å². The van der Waals surface area contributed by atoms with Gasteiger partial charge < -0.3 is 9.80 Å². The first-order chi connectivity index (χ1) is 9.81. The number of carbonyl (C=O) groups is 1. The minimum atomic E-state index is -0.146. The predicted molar refractivity (Wildman–Crippen MR) is 84.3 cm³/mol. The van der Waals surface area contributed by atoms with Gasteiger partial charge in [-0.05, 0) is 53.6 Å². The first-order valence-electron chi connectivity index (χ1n) is 7.81. The van der Waals surface area contributed by atoms with Crippen LogP contribution in [-0.2, 0) is 11.2 Å². The van der Waals surface area contributed by atoms with Gasteiger partial charge in [-0.15, -0.1) is 0 Å². The fourth-order valence-corrected chi connectivity index (χ4v) is 3.04. The van der Waals surface area contributed by atoms with Crippen LogP contribution < -0.4 is 0 Å². The number of likely N-dealkylation sites (N-methyl/N-ethyl adjacent to an activating group) is 1. The molecule has 1 saturated heterocycles. The van der Waals surface area contributed by atoms with Crippen molar-refractivity contribution in [1.29, 1.82) is 0 Å². The van der Waals surface area contributed by atoms with E-state index in [1.54, 1.807) is 0 Å². The maximum Gasteiger partial charge on any atom is 0.227 e. The quantitative estimate of drug-likeness (QED) is 0.902. The molecule has 5 heteroatoms. The van der Waals surface area contributed by atoms with E-state index in [1.165, 1.54) is 12.8 Å². The van der Waals surface area contributed by atoms with E-state index >= 15 is 0 Å². The standard InChI is InChI=1S/C16H28N4O/c1-12-14(13(2)18-17-12)10-15(21)19(5)16(3,4)11-20-8-6-7-9-20/h6-11H2,1-5H3,(H,17,18). The molecule has 1 aromatic heterocycles. The van der Waals surface area contributed by atoms with Gasteiger partial charge in [-0.3, -0.25) is 9.89 Å². The molecule has 118 valence electrons. The fourth-order valence-electron chi connectivity index (χ4n) is 3.04. The molecule has 0 saturated carbocycles. The van der Waals surface area contributed by atoms with E-state index in [4.69, 9.17) is 0 Å². The van der Waals surface area contributed by atoms with E-state index < -0.39 is 0 Å². The summed E-state index contributed by atoms with van der Waals surface area (Å²) in [6, 6.07) is 0. The highest BCUT2D eigenvalue weighted by Crippen LogP contribution is 2.20. The second kappa shape index (κ2) is 6.18. The second-order valence-corrected chi connectivity index (χ2v) is 6.84. The molecular formula is C16H28N4O. The second-order valence-electron chi connectivity index (χ2n) is 6.84. The summed E-state index contributed by atoms with van der Waals surface area (Å²) in [6.07, 6.45) is 2.98. The Kier molecular flexibility index (Phi) is 4.71. The van der Waals surface area contributed by atoms with Crippen molar-refractivity contribution in [3.8, 4) is 0 Å². The number of nitrogens with one attached hydrogen (secondary N) is 1. The summed E-state index contributed by atoms with van der Waals surface area (Å²) >= 11 is 0. The van der Waals surface area contributed by atoms with Crippen LogP contribution in [0.1, 0.15) is 43.6 Å². The summed E-state index contributed by atoms with van der Waals surface area (Å²) in [5, 5.41) is 7.12. The topological polar surface area (TPSA) is 52.2 Å². The zero-order valence-electron chi connectivity index (χ0n) is 14.0. The normalized spacial score (nSPS) is 16.4. The molecule has 0 spiro atoms. The molecule has 1 aliphatic rings. The molecule has 0 aromatic carbocycles. The lowest BCUT2D eigenvalue weighted by molar-refractivity contribution is -0.134. The molecule has 2 heterocycles. The minimum absolute atomic E-state index is 0.146. The van der Waals surface area contributed by atoms with Gasteiger partial charge in [-0.2, -0.15) is 5.10 Å². The first kappa shape index (κ1) is 16.0. The van der Waals surface area contributed by atoms with E-state index in [2.05, 4.69) is 28.9 Å². The average Bonchev–Trinajstić information content (AvgIpc) is 3.02. The molecule has 0 aliphatic carbocycles. The Balaban J connectivity index is 2.00. The molecule has 1 fully saturated rings. The molecule has 0 unspecified atom stereocenters. The van der Waals surface area contributed by atoms with Crippen molar-refractivity contribution < 1.29 is 4.79 Å². The number of likely N-dealkylation sites (tertiary alicyclic amines) is 1.